The fourth-order valence-electron chi connectivity index (χ4n) is 2.84. The molecule has 1 heterocycles. The number of alkyl carbamates (subject to hydrolysis) is 1. The van der Waals surface area contributed by atoms with Crippen molar-refractivity contribution in [2.45, 2.75) is 96.9 Å². The Morgan fingerprint density at radius 3 is 2.21 bits per heavy atom. The van der Waals surface area contributed by atoms with Gasteiger partial charge >= 0.3 is 12.1 Å². The Kier molecular flexibility index (Phi) is 10.6. The molecule has 2 N–H and O–H groups in total. The van der Waals surface area contributed by atoms with E-state index in [0.29, 0.717) is 26.1 Å². The zero-order valence-electron chi connectivity index (χ0n) is 21.7. The van der Waals surface area contributed by atoms with Crippen LogP contribution in [0.4, 0.5) is 4.79 Å². The van der Waals surface area contributed by atoms with Gasteiger partial charge in [0.15, 0.2) is 14.1 Å². The molecule has 1 amide bonds. The minimum atomic E-state index is -2.06. The van der Waals surface area contributed by atoms with Gasteiger partial charge in [0, 0.05) is 6.42 Å². The lowest BCUT2D eigenvalue weighted by Gasteiger charge is -2.39. The average Bonchev–Trinajstić information content (AvgIpc) is 3.06. The largest absolute Gasteiger partial charge is 0.477 e. The second-order valence-corrected chi connectivity index (χ2v) is 15.7. The third kappa shape index (κ3) is 11.0. The molecule has 0 bridgehead atoms. The van der Waals surface area contributed by atoms with E-state index >= 15 is 0 Å². The maximum atomic E-state index is 11.9. The van der Waals surface area contributed by atoms with Crippen LogP contribution in [0.1, 0.15) is 61.3 Å². The van der Waals surface area contributed by atoms with E-state index in [2.05, 4.69) is 39.2 Å². The highest BCUT2D eigenvalue weighted by Gasteiger charge is 2.40. The Labute approximate surface area is 199 Å². The van der Waals surface area contributed by atoms with E-state index < -0.39 is 31.8 Å². The number of carboxylic acid groups (broad SMARTS) is 1. The van der Waals surface area contributed by atoms with Crippen molar-refractivity contribution in [3.05, 3.63) is 11.8 Å². The lowest BCUT2D eigenvalue weighted by atomic mass is 10.1. The van der Waals surface area contributed by atoms with Crippen LogP contribution in [0, 0.1) is 0 Å². The maximum absolute atomic E-state index is 11.9. The summed E-state index contributed by atoms with van der Waals surface area (Å²) in [6.45, 7) is 19.3. The average molecular weight is 490 g/mol. The quantitative estimate of drug-likeness (QED) is 0.249. The number of aliphatic carboxylic acids is 1. The van der Waals surface area contributed by atoms with Crippen LogP contribution in [-0.2, 0) is 28.2 Å². The molecule has 33 heavy (non-hydrogen) atoms. The summed E-state index contributed by atoms with van der Waals surface area (Å²) in [7, 11) is -2.06. The smallest absolute Gasteiger partial charge is 0.412 e. The first-order chi connectivity index (χ1) is 14.9. The first-order valence-corrected chi connectivity index (χ1v) is 14.3. The number of carboxylic acids is 1. The first-order valence-electron chi connectivity index (χ1n) is 11.4. The number of amides is 1. The highest BCUT2D eigenvalue weighted by atomic mass is 28.4. The Hall–Kier alpha value is -1.46. The topological polar surface area (TPSA) is 113 Å². The van der Waals surface area contributed by atoms with Crippen molar-refractivity contribution in [2.24, 2.45) is 0 Å². The van der Waals surface area contributed by atoms with Crippen LogP contribution < -0.4 is 5.32 Å². The van der Waals surface area contributed by atoms with Gasteiger partial charge in [0.1, 0.15) is 11.3 Å². The van der Waals surface area contributed by atoms with Gasteiger partial charge in [0.25, 0.3) is 0 Å². The molecular formula is C23H43NO8Si. The van der Waals surface area contributed by atoms with Crippen LogP contribution in [0.5, 0.6) is 0 Å². The second-order valence-electron chi connectivity index (χ2n) is 11.0. The zero-order valence-corrected chi connectivity index (χ0v) is 22.7. The van der Waals surface area contributed by atoms with Crippen molar-refractivity contribution in [2.75, 3.05) is 26.4 Å². The summed E-state index contributed by atoms with van der Waals surface area (Å²) in [5.74, 6) is -1.90. The number of ether oxygens (including phenoxy) is 4. The molecule has 9 nitrogen and oxygen atoms in total. The molecule has 0 radical (unpaired) electrons. The van der Waals surface area contributed by atoms with E-state index in [1.807, 2.05) is 6.92 Å². The summed E-state index contributed by atoms with van der Waals surface area (Å²) >= 11 is 0. The molecule has 1 rings (SSSR count). The molecule has 0 saturated carbocycles. The molecule has 192 valence electrons. The van der Waals surface area contributed by atoms with E-state index in [4.69, 9.17) is 23.4 Å². The predicted octanol–water partition coefficient (Wildman–Crippen LogP) is 4.43. The van der Waals surface area contributed by atoms with Crippen molar-refractivity contribution >= 4 is 20.4 Å². The number of nitrogens with one attached hydrogen (secondary N) is 1. The predicted molar refractivity (Wildman–Crippen MR) is 128 cm³/mol. The Bertz CT molecular complexity index is 688. The van der Waals surface area contributed by atoms with Crippen LogP contribution in [0.2, 0.25) is 18.1 Å². The molecule has 1 saturated heterocycles. The molecule has 0 spiro atoms. The van der Waals surface area contributed by atoms with Crippen molar-refractivity contribution in [3.8, 4) is 0 Å². The molecule has 1 aliphatic heterocycles. The third-order valence-electron chi connectivity index (χ3n) is 5.66. The molecule has 0 aromatic carbocycles. The minimum Gasteiger partial charge on any atom is -0.477 e. The van der Waals surface area contributed by atoms with Crippen molar-refractivity contribution < 1.29 is 38.1 Å². The summed E-state index contributed by atoms with van der Waals surface area (Å²) in [4.78, 5) is 23.4. The van der Waals surface area contributed by atoms with Gasteiger partial charge in [-0.3, -0.25) is 5.32 Å². The van der Waals surface area contributed by atoms with Crippen LogP contribution in [-0.4, -0.2) is 69.4 Å². The number of hydrogen-bond donors (Lipinski definition) is 2. The highest BCUT2D eigenvalue weighted by molar-refractivity contribution is 6.74. The summed E-state index contributed by atoms with van der Waals surface area (Å²) in [6.07, 6.45) is 1.61. The van der Waals surface area contributed by atoms with Gasteiger partial charge in [-0.1, -0.05) is 20.8 Å². The lowest BCUT2D eigenvalue weighted by molar-refractivity contribution is -0.151. The van der Waals surface area contributed by atoms with E-state index in [1.54, 1.807) is 20.8 Å². The number of carbonyl (C=O) groups is 2. The molecular weight excluding hydrogens is 446 g/mol. The van der Waals surface area contributed by atoms with Gasteiger partial charge in [-0.05, 0) is 58.3 Å². The summed E-state index contributed by atoms with van der Waals surface area (Å²) < 4.78 is 28.8. The van der Waals surface area contributed by atoms with Gasteiger partial charge in [0.05, 0.1) is 32.5 Å². The summed E-state index contributed by atoms with van der Waals surface area (Å²) in [5.41, 5.74) is -1.03. The summed E-state index contributed by atoms with van der Waals surface area (Å²) in [5, 5.41) is 11.6. The molecule has 1 atom stereocenters. The molecule has 1 aliphatic rings. The number of hydrogen-bond acceptors (Lipinski definition) is 7. The Morgan fingerprint density at radius 2 is 1.73 bits per heavy atom. The van der Waals surface area contributed by atoms with E-state index in [0.717, 1.165) is 0 Å². The summed E-state index contributed by atoms with van der Waals surface area (Å²) in [6, 6.07) is 0. The van der Waals surface area contributed by atoms with Crippen LogP contribution >= 0.6 is 0 Å². The van der Waals surface area contributed by atoms with Gasteiger partial charge in [0.2, 0.25) is 0 Å². The normalized spacial score (nSPS) is 18.2. The molecule has 0 unspecified atom stereocenters. The Morgan fingerprint density at radius 1 is 1.15 bits per heavy atom. The van der Waals surface area contributed by atoms with Crippen molar-refractivity contribution in [3.63, 3.8) is 0 Å². The van der Waals surface area contributed by atoms with Gasteiger partial charge < -0.3 is 28.5 Å². The number of carbonyl (C=O) groups excluding carboxylic acids is 1. The van der Waals surface area contributed by atoms with Gasteiger partial charge in [-0.15, -0.1) is 0 Å². The zero-order chi connectivity index (χ0) is 25.5. The fourth-order valence-corrected chi connectivity index (χ4v) is 4.21. The molecule has 0 aliphatic carbocycles. The van der Waals surface area contributed by atoms with Crippen LogP contribution in [0.3, 0.4) is 0 Å². The minimum absolute atomic E-state index is 0.000932. The third-order valence-corrected chi connectivity index (χ3v) is 10.2. The molecule has 0 aromatic heterocycles. The highest BCUT2D eigenvalue weighted by Crippen LogP contribution is 2.38. The standard InChI is InChI=1S/C23H43NO8Si/c1-21(2,3)31-20(27)24-18(19(25)26)11-13-28-16-17(32-33(8,9)22(4,5)6)10-12-23(7)29-14-15-30-23/h11,17H,10,12-16H2,1-9H3,(H,24,27)(H,25,26)/b18-11+/t17-/m0/s1. The van der Waals surface area contributed by atoms with Crippen molar-refractivity contribution in [1.82, 2.24) is 5.32 Å². The maximum Gasteiger partial charge on any atom is 0.412 e. The van der Waals surface area contributed by atoms with Gasteiger partial charge in [-0.25, -0.2) is 9.59 Å². The second kappa shape index (κ2) is 11.8. The monoisotopic (exact) mass is 489 g/mol. The SMILES string of the molecule is CC(C)(C)OC(=O)N/C(=C/COC[C@H](CCC1(C)OCCO1)O[Si](C)(C)C(C)(C)C)C(=O)O. The van der Waals surface area contributed by atoms with E-state index in [9.17, 15) is 14.7 Å². The lowest BCUT2D eigenvalue weighted by Crippen LogP contribution is -2.45. The van der Waals surface area contributed by atoms with Crippen molar-refractivity contribution in [1.29, 1.82) is 0 Å². The first kappa shape index (κ1) is 29.6. The molecule has 1 fully saturated rings. The van der Waals surface area contributed by atoms with E-state index in [-0.39, 0.29) is 30.1 Å². The number of rotatable bonds is 11. The molecule has 10 heteroatoms. The Balaban J connectivity index is 2.75. The van der Waals surface area contributed by atoms with Gasteiger partial charge in [-0.2, -0.15) is 0 Å². The molecule has 0 aromatic rings. The van der Waals surface area contributed by atoms with Crippen LogP contribution in [0.25, 0.3) is 0 Å². The van der Waals surface area contributed by atoms with E-state index in [1.165, 1.54) is 6.08 Å². The fraction of sp³-hybridized carbons (Fsp3) is 0.826. The van der Waals surface area contributed by atoms with Crippen LogP contribution in [0.15, 0.2) is 11.8 Å².